The summed E-state index contributed by atoms with van der Waals surface area (Å²) in [4.78, 5) is 15.0. The fourth-order valence-corrected chi connectivity index (χ4v) is 3.27. The number of aryl methyl sites for hydroxylation is 1. The van der Waals surface area contributed by atoms with Crippen molar-refractivity contribution in [3.05, 3.63) is 10.6 Å². The van der Waals surface area contributed by atoms with Gasteiger partial charge in [0.25, 0.3) is 0 Å². The zero-order valence-electron chi connectivity index (χ0n) is 9.72. The number of thiazole rings is 1. The number of anilines is 1. The van der Waals surface area contributed by atoms with Crippen LogP contribution in [-0.2, 0) is 9.84 Å². The monoisotopic (exact) mass is 278 g/mol. The SMILES string of the molecule is Cc1nc(NC(C)CS(C)(=O)=O)sc1C(=O)O. The summed E-state index contributed by atoms with van der Waals surface area (Å²) in [5.74, 6) is -1.04. The number of carboxylic acid groups (broad SMARTS) is 1. The summed E-state index contributed by atoms with van der Waals surface area (Å²) in [7, 11) is -3.07. The number of rotatable bonds is 5. The smallest absolute Gasteiger partial charge is 0.347 e. The van der Waals surface area contributed by atoms with Gasteiger partial charge < -0.3 is 10.4 Å². The van der Waals surface area contributed by atoms with E-state index in [0.717, 1.165) is 17.6 Å². The summed E-state index contributed by atoms with van der Waals surface area (Å²) in [5, 5.41) is 12.2. The Hall–Kier alpha value is -1.15. The van der Waals surface area contributed by atoms with Crippen molar-refractivity contribution in [1.29, 1.82) is 0 Å². The molecule has 0 aromatic carbocycles. The molecule has 96 valence electrons. The van der Waals surface area contributed by atoms with Crippen molar-refractivity contribution in [3.8, 4) is 0 Å². The highest BCUT2D eigenvalue weighted by Crippen LogP contribution is 2.23. The number of aromatic nitrogens is 1. The van der Waals surface area contributed by atoms with Crippen molar-refractivity contribution >= 4 is 32.3 Å². The molecule has 1 aromatic heterocycles. The van der Waals surface area contributed by atoms with E-state index >= 15 is 0 Å². The second-order valence-electron chi connectivity index (χ2n) is 3.88. The van der Waals surface area contributed by atoms with Gasteiger partial charge in [0.15, 0.2) is 5.13 Å². The Balaban J connectivity index is 2.76. The molecule has 1 unspecified atom stereocenters. The van der Waals surface area contributed by atoms with Gasteiger partial charge in [0.05, 0.1) is 11.4 Å². The van der Waals surface area contributed by atoms with Gasteiger partial charge in [-0.1, -0.05) is 11.3 Å². The molecule has 0 spiro atoms. The number of hydrogen-bond acceptors (Lipinski definition) is 6. The van der Waals surface area contributed by atoms with Gasteiger partial charge in [0.2, 0.25) is 0 Å². The molecule has 0 saturated heterocycles. The summed E-state index contributed by atoms with van der Waals surface area (Å²) in [5.41, 5.74) is 0.427. The second kappa shape index (κ2) is 5.01. The third-order valence-corrected chi connectivity index (χ3v) is 4.10. The molecule has 1 heterocycles. The molecule has 8 heteroatoms. The lowest BCUT2D eigenvalue weighted by Crippen LogP contribution is -2.24. The zero-order chi connectivity index (χ0) is 13.2. The van der Waals surface area contributed by atoms with Gasteiger partial charge in [-0.2, -0.15) is 0 Å². The van der Waals surface area contributed by atoms with Crippen molar-refractivity contribution in [2.24, 2.45) is 0 Å². The number of sulfone groups is 1. The normalized spacial score (nSPS) is 13.4. The van der Waals surface area contributed by atoms with Crippen LogP contribution in [0.1, 0.15) is 22.3 Å². The van der Waals surface area contributed by atoms with Crippen LogP contribution < -0.4 is 5.32 Å². The van der Waals surface area contributed by atoms with Gasteiger partial charge >= 0.3 is 5.97 Å². The van der Waals surface area contributed by atoms with Crippen LogP contribution >= 0.6 is 11.3 Å². The van der Waals surface area contributed by atoms with E-state index in [0.29, 0.717) is 10.8 Å². The minimum absolute atomic E-state index is 0.0198. The molecule has 17 heavy (non-hydrogen) atoms. The number of hydrogen-bond donors (Lipinski definition) is 2. The van der Waals surface area contributed by atoms with Crippen LogP contribution in [0.25, 0.3) is 0 Å². The quantitative estimate of drug-likeness (QED) is 0.834. The molecule has 0 radical (unpaired) electrons. The van der Waals surface area contributed by atoms with E-state index in [2.05, 4.69) is 10.3 Å². The van der Waals surface area contributed by atoms with E-state index < -0.39 is 15.8 Å². The van der Waals surface area contributed by atoms with Crippen LogP contribution in [0.2, 0.25) is 0 Å². The van der Waals surface area contributed by atoms with E-state index in [4.69, 9.17) is 5.11 Å². The molecule has 1 atom stereocenters. The number of carboxylic acids is 1. The van der Waals surface area contributed by atoms with E-state index in [1.165, 1.54) is 0 Å². The van der Waals surface area contributed by atoms with Crippen molar-refractivity contribution in [1.82, 2.24) is 4.98 Å². The van der Waals surface area contributed by atoms with Gasteiger partial charge in [-0.05, 0) is 13.8 Å². The number of nitrogens with zero attached hydrogens (tertiary/aromatic N) is 1. The lowest BCUT2D eigenvalue weighted by atomic mass is 10.4. The maximum Gasteiger partial charge on any atom is 0.347 e. The summed E-state index contributed by atoms with van der Waals surface area (Å²) in [6.45, 7) is 3.31. The topological polar surface area (TPSA) is 96.4 Å². The Morgan fingerprint density at radius 1 is 1.59 bits per heavy atom. The maximum absolute atomic E-state index is 11.1. The summed E-state index contributed by atoms with van der Waals surface area (Å²) in [6.07, 6.45) is 1.15. The van der Waals surface area contributed by atoms with Crippen LogP contribution in [0.4, 0.5) is 5.13 Å². The van der Waals surface area contributed by atoms with Gasteiger partial charge in [-0.3, -0.25) is 0 Å². The van der Waals surface area contributed by atoms with Gasteiger partial charge in [-0.25, -0.2) is 18.2 Å². The molecule has 0 aliphatic heterocycles. The van der Waals surface area contributed by atoms with Crippen molar-refractivity contribution in [2.45, 2.75) is 19.9 Å². The Bertz CT molecular complexity index is 521. The van der Waals surface area contributed by atoms with E-state index in [-0.39, 0.29) is 16.7 Å². The Morgan fingerprint density at radius 2 is 2.18 bits per heavy atom. The predicted octanol–water partition coefficient (Wildman–Crippen LogP) is 0.995. The first kappa shape index (κ1) is 13.9. The summed E-state index contributed by atoms with van der Waals surface area (Å²) >= 11 is 1.01. The first-order valence-corrected chi connectivity index (χ1v) is 7.71. The number of aromatic carboxylic acids is 1. The molecule has 2 N–H and O–H groups in total. The highest BCUT2D eigenvalue weighted by Gasteiger charge is 2.16. The van der Waals surface area contributed by atoms with Gasteiger partial charge in [-0.15, -0.1) is 0 Å². The molecule has 1 rings (SSSR count). The maximum atomic E-state index is 11.1. The van der Waals surface area contributed by atoms with Crippen molar-refractivity contribution < 1.29 is 18.3 Å². The Kier molecular flexibility index (Phi) is 4.10. The van der Waals surface area contributed by atoms with Crippen LogP contribution in [0.15, 0.2) is 0 Å². The molecule has 0 amide bonds. The molecular weight excluding hydrogens is 264 g/mol. The largest absolute Gasteiger partial charge is 0.477 e. The third kappa shape index (κ3) is 4.31. The van der Waals surface area contributed by atoms with E-state index in [1.807, 2.05) is 0 Å². The van der Waals surface area contributed by atoms with Crippen LogP contribution in [-0.4, -0.2) is 42.5 Å². The molecule has 1 aromatic rings. The Morgan fingerprint density at radius 3 is 2.59 bits per heavy atom. The average Bonchev–Trinajstić information content (AvgIpc) is 2.42. The van der Waals surface area contributed by atoms with E-state index in [9.17, 15) is 13.2 Å². The molecule has 0 aliphatic carbocycles. The minimum atomic E-state index is -3.07. The lowest BCUT2D eigenvalue weighted by Gasteiger charge is -2.10. The van der Waals surface area contributed by atoms with Crippen LogP contribution in [0.5, 0.6) is 0 Å². The van der Waals surface area contributed by atoms with Crippen molar-refractivity contribution in [3.63, 3.8) is 0 Å². The first-order chi connectivity index (χ1) is 7.69. The Labute approximate surface area is 104 Å². The second-order valence-corrected chi connectivity index (χ2v) is 7.06. The summed E-state index contributed by atoms with van der Waals surface area (Å²) in [6, 6.07) is -0.308. The highest BCUT2D eigenvalue weighted by atomic mass is 32.2. The number of carbonyl (C=O) groups is 1. The minimum Gasteiger partial charge on any atom is -0.477 e. The molecule has 0 aliphatic rings. The molecule has 6 nitrogen and oxygen atoms in total. The molecule has 0 bridgehead atoms. The van der Waals surface area contributed by atoms with Crippen LogP contribution in [0.3, 0.4) is 0 Å². The average molecular weight is 278 g/mol. The first-order valence-electron chi connectivity index (χ1n) is 4.84. The van der Waals surface area contributed by atoms with Crippen LogP contribution in [0, 0.1) is 6.92 Å². The molecule has 0 fully saturated rings. The zero-order valence-corrected chi connectivity index (χ0v) is 11.4. The molecular formula is C9H14N2O4S2. The highest BCUT2D eigenvalue weighted by molar-refractivity contribution is 7.90. The van der Waals surface area contributed by atoms with E-state index in [1.54, 1.807) is 13.8 Å². The lowest BCUT2D eigenvalue weighted by molar-refractivity contribution is 0.0701. The van der Waals surface area contributed by atoms with Gasteiger partial charge in [0.1, 0.15) is 14.7 Å². The standard InChI is InChI=1S/C9H14N2O4S2/c1-5(4-17(3,14)15)10-9-11-6(2)7(16-9)8(12)13/h5H,4H2,1-3H3,(H,10,11)(H,12,13). The molecule has 0 saturated carbocycles. The third-order valence-electron chi connectivity index (χ3n) is 1.91. The van der Waals surface area contributed by atoms with Gasteiger partial charge in [0, 0.05) is 12.3 Å². The number of nitrogens with one attached hydrogen (secondary N) is 1. The van der Waals surface area contributed by atoms with Crippen molar-refractivity contribution in [2.75, 3.05) is 17.3 Å². The fourth-order valence-electron chi connectivity index (χ4n) is 1.36. The summed E-state index contributed by atoms with van der Waals surface area (Å²) < 4.78 is 22.1. The predicted molar refractivity (Wildman–Crippen MR) is 66.6 cm³/mol. The fraction of sp³-hybridized carbons (Fsp3) is 0.556.